The number of hydrogen-bond donors (Lipinski definition) is 1. The van der Waals surface area contributed by atoms with Crippen LogP contribution < -0.4 is 9.47 Å². The normalized spacial score (nSPS) is 28.3. The van der Waals surface area contributed by atoms with Crippen molar-refractivity contribution in [2.24, 2.45) is 0 Å². The topological polar surface area (TPSA) is 110 Å². The minimum Gasteiger partial charge on any atom is -0.486 e. The Hall–Kier alpha value is -2.88. The molecule has 1 spiro atoms. The van der Waals surface area contributed by atoms with Gasteiger partial charge < -0.3 is 33.5 Å². The third-order valence-electron chi connectivity index (χ3n) is 8.09. The molecule has 5 rings (SSSR count). The van der Waals surface area contributed by atoms with E-state index in [1.165, 1.54) is 31.4 Å². The van der Waals surface area contributed by atoms with Crippen LogP contribution in [0.1, 0.15) is 83.1 Å². The van der Waals surface area contributed by atoms with Crippen LogP contribution >= 0.6 is 0 Å². The Kier molecular flexibility index (Phi) is 11.9. The number of hydrogen-bond acceptors (Lipinski definition) is 9. The molecule has 1 aromatic carbocycles. The van der Waals surface area contributed by atoms with Gasteiger partial charge in [-0.05, 0) is 49.5 Å². The number of rotatable bonds is 12. The molecule has 0 aromatic heterocycles. The Bertz CT molecular complexity index is 1070. The van der Waals surface area contributed by atoms with Gasteiger partial charge in [0, 0.05) is 32.3 Å². The molecule has 2 fully saturated rings. The summed E-state index contributed by atoms with van der Waals surface area (Å²) in [5.74, 6) is -0.0391. The number of aliphatic hydroxyl groups is 1. The third kappa shape index (κ3) is 9.06. The summed E-state index contributed by atoms with van der Waals surface area (Å²) in [5.41, 5.74) is 1.29. The Balaban J connectivity index is 0.00000198. The number of ether oxygens (including phenoxy) is 6. The molecular weight excluding hydrogens is 540 g/mol. The lowest BCUT2D eigenvalue weighted by molar-refractivity contribution is -0.286. The molecule has 0 saturated carbocycles. The van der Waals surface area contributed by atoms with Crippen molar-refractivity contribution in [3.8, 4) is 11.5 Å². The lowest BCUT2D eigenvalue weighted by atomic mass is 9.91. The van der Waals surface area contributed by atoms with Gasteiger partial charge in [0.1, 0.15) is 31.5 Å². The summed E-state index contributed by atoms with van der Waals surface area (Å²) in [5, 5.41) is 10.8. The molecule has 4 heterocycles. The first-order valence-corrected chi connectivity index (χ1v) is 15.4. The Morgan fingerprint density at radius 2 is 1.79 bits per heavy atom. The fourth-order valence-corrected chi connectivity index (χ4v) is 6.31. The number of carbonyl (C=O) groups is 2. The second-order valence-corrected chi connectivity index (χ2v) is 11.5. The standard InChI is InChI=1S/C31H42O9.C2H4/c1-21(32)37-25-18-24(39-31(19-25)20-29-27(40-31)12-13-30(34)38-29)17-23(33)9-7-5-3-2-4-6-8-22-10-11-26-28(16-22)36-15-14-35-26;1-2/h10-13,16,23-25,27,29,33H,2-9,14-15,17-20H2,1H3;1-2H2. The van der Waals surface area contributed by atoms with E-state index in [2.05, 4.69) is 25.3 Å². The van der Waals surface area contributed by atoms with Crippen LogP contribution in [0.5, 0.6) is 11.5 Å². The van der Waals surface area contributed by atoms with Crippen LogP contribution in [0.4, 0.5) is 0 Å². The number of fused-ring (bicyclic) bond motifs is 2. The van der Waals surface area contributed by atoms with Gasteiger partial charge >= 0.3 is 11.9 Å². The van der Waals surface area contributed by atoms with E-state index in [1.54, 1.807) is 6.08 Å². The molecule has 9 heteroatoms. The van der Waals surface area contributed by atoms with Gasteiger partial charge in [0.2, 0.25) is 0 Å². The number of aryl methyl sites for hydroxylation is 1. The van der Waals surface area contributed by atoms with Gasteiger partial charge in [-0.15, -0.1) is 13.2 Å². The second-order valence-electron chi connectivity index (χ2n) is 11.5. The number of esters is 2. The molecule has 2 saturated heterocycles. The van der Waals surface area contributed by atoms with Gasteiger partial charge in [0.25, 0.3) is 0 Å². The van der Waals surface area contributed by atoms with Crippen molar-refractivity contribution >= 4 is 11.9 Å². The highest BCUT2D eigenvalue weighted by Gasteiger charge is 2.54. The largest absolute Gasteiger partial charge is 0.486 e. The van der Waals surface area contributed by atoms with Gasteiger partial charge in [-0.1, -0.05) is 38.2 Å². The Morgan fingerprint density at radius 3 is 2.57 bits per heavy atom. The summed E-state index contributed by atoms with van der Waals surface area (Å²) in [4.78, 5) is 23.4. The predicted octanol–water partition coefficient (Wildman–Crippen LogP) is 5.36. The van der Waals surface area contributed by atoms with E-state index in [0.717, 1.165) is 43.6 Å². The summed E-state index contributed by atoms with van der Waals surface area (Å²) >= 11 is 0. The van der Waals surface area contributed by atoms with Crippen molar-refractivity contribution in [1.82, 2.24) is 0 Å². The van der Waals surface area contributed by atoms with E-state index in [9.17, 15) is 14.7 Å². The van der Waals surface area contributed by atoms with Gasteiger partial charge in [-0.3, -0.25) is 4.79 Å². The van der Waals surface area contributed by atoms with Crippen molar-refractivity contribution in [3.05, 3.63) is 49.1 Å². The van der Waals surface area contributed by atoms with Gasteiger partial charge in [0.05, 0.1) is 12.2 Å². The molecular formula is C33H46O9. The molecule has 9 nitrogen and oxygen atoms in total. The average Bonchev–Trinajstić information content (AvgIpc) is 3.30. The molecule has 0 aliphatic carbocycles. The highest BCUT2D eigenvalue weighted by Crippen LogP contribution is 2.44. The van der Waals surface area contributed by atoms with E-state index in [4.69, 9.17) is 28.4 Å². The van der Waals surface area contributed by atoms with Crippen molar-refractivity contribution < 1.29 is 43.1 Å². The highest BCUT2D eigenvalue weighted by atomic mass is 16.7. The van der Waals surface area contributed by atoms with Crippen LogP contribution in [0.15, 0.2) is 43.5 Å². The highest BCUT2D eigenvalue weighted by molar-refractivity contribution is 5.83. The maximum absolute atomic E-state index is 11.7. The van der Waals surface area contributed by atoms with Crippen LogP contribution in [-0.4, -0.2) is 66.6 Å². The summed E-state index contributed by atoms with van der Waals surface area (Å²) in [6.45, 7) is 8.62. The summed E-state index contributed by atoms with van der Waals surface area (Å²) in [6, 6.07) is 6.23. The number of unbranched alkanes of at least 4 members (excludes halogenated alkanes) is 5. The number of carbonyl (C=O) groups excluding carboxylic acids is 2. The van der Waals surface area contributed by atoms with E-state index in [-0.39, 0.29) is 30.3 Å². The molecule has 42 heavy (non-hydrogen) atoms. The molecule has 0 radical (unpaired) electrons. The molecule has 1 N–H and O–H groups in total. The first-order valence-electron chi connectivity index (χ1n) is 15.4. The summed E-state index contributed by atoms with van der Waals surface area (Å²) in [6.07, 6.45) is 11.2. The van der Waals surface area contributed by atoms with E-state index >= 15 is 0 Å². The van der Waals surface area contributed by atoms with Gasteiger partial charge in [-0.2, -0.15) is 0 Å². The second kappa shape index (κ2) is 15.5. The maximum Gasteiger partial charge on any atom is 0.330 e. The van der Waals surface area contributed by atoms with Crippen molar-refractivity contribution in [3.63, 3.8) is 0 Å². The van der Waals surface area contributed by atoms with Crippen LogP contribution in [-0.2, 0) is 35.0 Å². The van der Waals surface area contributed by atoms with Gasteiger partial charge in [-0.25, -0.2) is 4.79 Å². The Labute approximate surface area is 249 Å². The zero-order valence-corrected chi connectivity index (χ0v) is 24.8. The van der Waals surface area contributed by atoms with Crippen molar-refractivity contribution in [2.45, 2.75) is 120 Å². The van der Waals surface area contributed by atoms with Gasteiger partial charge in [0.15, 0.2) is 17.3 Å². The lowest BCUT2D eigenvalue weighted by Crippen LogP contribution is -2.48. The van der Waals surface area contributed by atoms with Crippen LogP contribution in [0.2, 0.25) is 0 Å². The number of benzene rings is 1. The molecule has 0 amide bonds. The SMILES string of the molecule is C=C.CC(=O)OC1CC(CC(O)CCCCCCCCc2ccc3c(c2)OCCO3)OC2(C1)CC1OC(=O)C=CC1O2. The smallest absolute Gasteiger partial charge is 0.330 e. The first-order chi connectivity index (χ1) is 20.4. The van der Waals surface area contributed by atoms with E-state index < -0.39 is 18.0 Å². The number of aliphatic hydroxyl groups excluding tert-OH is 1. The fourth-order valence-electron chi connectivity index (χ4n) is 6.31. The molecule has 6 unspecified atom stereocenters. The Morgan fingerprint density at radius 1 is 1.05 bits per heavy atom. The maximum atomic E-state index is 11.7. The molecule has 4 aliphatic heterocycles. The lowest BCUT2D eigenvalue weighted by Gasteiger charge is -2.41. The zero-order chi connectivity index (χ0) is 30.0. The first kappa shape index (κ1) is 32.0. The fraction of sp³-hybridized carbons (Fsp3) is 0.636. The van der Waals surface area contributed by atoms with Crippen LogP contribution in [0.3, 0.4) is 0 Å². The zero-order valence-electron chi connectivity index (χ0n) is 24.8. The van der Waals surface area contributed by atoms with E-state index in [1.807, 2.05) is 6.07 Å². The minimum absolute atomic E-state index is 0.312. The van der Waals surface area contributed by atoms with Crippen molar-refractivity contribution in [1.29, 1.82) is 0 Å². The molecule has 6 atom stereocenters. The average molecular weight is 587 g/mol. The van der Waals surface area contributed by atoms with Crippen LogP contribution in [0.25, 0.3) is 0 Å². The summed E-state index contributed by atoms with van der Waals surface area (Å²) in [7, 11) is 0. The third-order valence-corrected chi connectivity index (χ3v) is 8.09. The predicted molar refractivity (Wildman–Crippen MR) is 156 cm³/mol. The molecule has 232 valence electrons. The molecule has 0 bridgehead atoms. The van der Waals surface area contributed by atoms with E-state index in [0.29, 0.717) is 45.3 Å². The molecule has 1 aromatic rings. The quantitative estimate of drug-likeness (QED) is 0.197. The van der Waals surface area contributed by atoms with Crippen molar-refractivity contribution in [2.75, 3.05) is 13.2 Å². The minimum atomic E-state index is -0.993. The molecule has 4 aliphatic rings. The van der Waals surface area contributed by atoms with Crippen LogP contribution in [0, 0.1) is 0 Å². The summed E-state index contributed by atoms with van der Waals surface area (Å²) < 4.78 is 34.8. The monoisotopic (exact) mass is 586 g/mol.